The number of amidine groups is 1. The molecular weight excluding hydrogens is 435 g/mol. The monoisotopic (exact) mass is 464 g/mol. The zero-order valence-electron chi connectivity index (χ0n) is 17.4. The molecule has 0 aromatic heterocycles. The Labute approximate surface area is 180 Å². The van der Waals surface area contributed by atoms with Crippen LogP contribution in [0.15, 0.2) is 29.7 Å². The van der Waals surface area contributed by atoms with Gasteiger partial charge in [0.15, 0.2) is 11.3 Å². The van der Waals surface area contributed by atoms with Crippen molar-refractivity contribution in [2.24, 2.45) is 10.7 Å². The lowest BCUT2D eigenvalue weighted by Gasteiger charge is -2.35. The Morgan fingerprint density at radius 1 is 1.53 bits per heavy atom. The van der Waals surface area contributed by atoms with E-state index in [0.717, 1.165) is 11.8 Å². The largest absolute Gasteiger partial charge is 0.407 e. The molecule has 11 nitrogen and oxygen atoms in total. The third-order valence-electron chi connectivity index (χ3n) is 4.50. The fourth-order valence-electron chi connectivity index (χ4n) is 2.85. The van der Waals surface area contributed by atoms with E-state index in [2.05, 4.69) is 11.6 Å². The summed E-state index contributed by atoms with van der Waals surface area (Å²) >= 11 is 1.05. The minimum atomic E-state index is -3.69. The molecule has 5 atom stereocenters. The number of nitrogens with zero attached hydrogens (tertiary/aromatic N) is 3. The average molecular weight is 464 g/mol. The van der Waals surface area contributed by atoms with Crippen molar-refractivity contribution in [3.63, 3.8) is 0 Å². The molecule has 170 valence electrons. The van der Waals surface area contributed by atoms with Crippen LogP contribution >= 0.6 is 19.5 Å². The molecule has 2 heterocycles. The fourth-order valence-corrected chi connectivity index (χ4v) is 4.62. The highest BCUT2D eigenvalue weighted by molar-refractivity contribution is 8.13. The molecule has 2 aliphatic rings. The number of carbonyl (C=O) groups is 1. The minimum absolute atomic E-state index is 0.0337. The number of hydrogen-bond acceptors (Lipinski definition) is 11. The Balaban J connectivity index is 2.03. The molecule has 0 radical (unpaired) electrons. The molecule has 0 aliphatic carbocycles. The summed E-state index contributed by atoms with van der Waals surface area (Å²) in [6, 6.07) is 0. The van der Waals surface area contributed by atoms with Gasteiger partial charge in [-0.15, -0.1) is 0 Å². The Bertz CT molecular complexity index is 773. The molecule has 0 saturated carbocycles. The van der Waals surface area contributed by atoms with Crippen molar-refractivity contribution in [3.8, 4) is 0 Å². The number of thioether (sulfide) groups is 1. The third-order valence-corrected chi connectivity index (χ3v) is 7.25. The summed E-state index contributed by atoms with van der Waals surface area (Å²) in [6.45, 7) is 6.34. The van der Waals surface area contributed by atoms with Crippen molar-refractivity contribution in [3.05, 3.63) is 24.7 Å². The van der Waals surface area contributed by atoms with Crippen LogP contribution in [-0.4, -0.2) is 87.8 Å². The molecule has 2 unspecified atom stereocenters. The standard InChI is InChI=1S/C17H29N4O7PS/c1-11-19-14(18)6-7-21(11)16-17(3,24)15(23)13(28-16)10-27-29(25,20(4)5)26-8-9-30-12(2)22/h6-7,13,15-16,23-24H,1,8-10H2,2-5H3,(H2,18,19)/t13-,15?,16+,17+,29?/m1/s1. The van der Waals surface area contributed by atoms with Crippen LogP contribution in [0, 0.1) is 0 Å². The predicted octanol–water partition coefficient (Wildman–Crippen LogP) is 0.464. The normalized spacial score (nSPS) is 31.2. The minimum Gasteiger partial charge on any atom is -0.387 e. The Morgan fingerprint density at radius 2 is 2.20 bits per heavy atom. The molecule has 13 heteroatoms. The van der Waals surface area contributed by atoms with Crippen LogP contribution < -0.4 is 5.73 Å². The second-order valence-corrected chi connectivity index (χ2v) is 10.7. The maximum atomic E-state index is 13.0. The van der Waals surface area contributed by atoms with Crippen LogP contribution in [0.3, 0.4) is 0 Å². The van der Waals surface area contributed by atoms with Crippen molar-refractivity contribution in [2.45, 2.75) is 37.9 Å². The van der Waals surface area contributed by atoms with Gasteiger partial charge in [-0.2, -0.15) is 0 Å². The van der Waals surface area contributed by atoms with E-state index in [1.165, 1.54) is 43.6 Å². The number of aliphatic hydroxyl groups is 2. The molecule has 30 heavy (non-hydrogen) atoms. The zero-order chi connectivity index (χ0) is 22.7. The molecule has 0 amide bonds. The van der Waals surface area contributed by atoms with Gasteiger partial charge in [-0.25, -0.2) is 14.2 Å². The first-order valence-corrected chi connectivity index (χ1v) is 11.6. The van der Waals surface area contributed by atoms with Crippen LogP contribution in [0.1, 0.15) is 13.8 Å². The second kappa shape index (κ2) is 9.92. The number of nitrogens with two attached hydrogens (primary N) is 1. The lowest BCUT2D eigenvalue weighted by atomic mass is 9.96. The fraction of sp³-hybridized carbons (Fsp3) is 0.647. The van der Waals surface area contributed by atoms with Crippen molar-refractivity contribution in [1.29, 1.82) is 0 Å². The van der Waals surface area contributed by atoms with Gasteiger partial charge in [-0.05, 0) is 27.1 Å². The SMILES string of the molecule is C=C1N=C(N)C=CN1[C@H]1O[C@H](COP(=O)(OCCSC(C)=O)N(C)C)C(O)[C@]1(C)O. The van der Waals surface area contributed by atoms with E-state index in [-0.39, 0.29) is 30.0 Å². The summed E-state index contributed by atoms with van der Waals surface area (Å²) in [5.41, 5.74) is 3.93. The number of hydrogen-bond donors (Lipinski definition) is 3. The van der Waals surface area contributed by atoms with Gasteiger partial charge < -0.3 is 25.6 Å². The highest BCUT2D eigenvalue weighted by atomic mass is 32.2. The van der Waals surface area contributed by atoms with E-state index in [1.807, 2.05) is 0 Å². The number of aliphatic imine (C=N–C) groups is 1. The third kappa shape index (κ3) is 5.71. The highest BCUT2D eigenvalue weighted by Gasteiger charge is 2.55. The van der Waals surface area contributed by atoms with Gasteiger partial charge in [0.1, 0.15) is 29.5 Å². The number of rotatable bonds is 9. The molecule has 0 aromatic rings. The summed E-state index contributed by atoms with van der Waals surface area (Å²) in [5, 5.41) is 21.3. The van der Waals surface area contributed by atoms with Crippen molar-refractivity contribution < 1.29 is 33.4 Å². The molecule has 2 rings (SSSR count). The van der Waals surface area contributed by atoms with Gasteiger partial charge in [0.05, 0.1) is 13.2 Å². The number of carbonyl (C=O) groups excluding carboxylic acids is 1. The molecule has 2 aliphatic heterocycles. The molecule has 0 bridgehead atoms. The molecule has 1 saturated heterocycles. The predicted molar refractivity (Wildman–Crippen MR) is 113 cm³/mol. The smallest absolute Gasteiger partial charge is 0.387 e. The first kappa shape index (κ1) is 25.0. The van der Waals surface area contributed by atoms with Crippen molar-refractivity contribution >= 4 is 30.5 Å². The first-order chi connectivity index (χ1) is 13.9. The molecule has 0 aromatic carbocycles. The van der Waals surface area contributed by atoms with Crippen LogP contribution in [-0.2, 0) is 23.1 Å². The quantitative estimate of drug-likeness (QED) is 0.323. The summed E-state index contributed by atoms with van der Waals surface area (Å²) in [7, 11) is -0.647. The van der Waals surface area contributed by atoms with Crippen LogP contribution in [0.25, 0.3) is 0 Å². The average Bonchev–Trinajstić information content (AvgIpc) is 2.87. The second-order valence-electron chi connectivity index (χ2n) is 7.16. The summed E-state index contributed by atoms with van der Waals surface area (Å²) in [4.78, 5) is 16.5. The lowest BCUT2D eigenvalue weighted by Crippen LogP contribution is -2.51. The maximum absolute atomic E-state index is 13.0. The van der Waals surface area contributed by atoms with Gasteiger partial charge in [-0.3, -0.25) is 13.8 Å². The maximum Gasteiger partial charge on any atom is 0.407 e. The van der Waals surface area contributed by atoms with Crippen molar-refractivity contribution in [2.75, 3.05) is 33.1 Å². The summed E-state index contributed by atoms with van der Waals surface area (Å²) in [5.74, 6) is 0.809. The van der Waals surface area contributed by atoms with E-state index in [9.17, 15) is 19.6 Å². The first-order valence-electron chi connectivity index (χ1n) is 9.14. The van der Waals surface area contributed by atoms with E-state index in [1.54, 1.807) is 6.20 Å². The van der Waals surface area contributed by atoms with Gasteiger partial charge >= 0.3 is 7.75 Å². The van der Waals surface area contributed by atoms with Crippen LogP contribution in [0.2, 0.25) is 0 Å². The topological polar surface area (TPSA) is 147 Å². The number of ether oxygens (including phenoxy) is 1. The number of aliphatic hydroxyl groups excluding tert-OH is 1. The van der Waals surface area contributed by atoms with Gasteiger partial charge in [0.2, 0.25) is 0 Å². The van der Waals surface area contributed by atoms with Gasteiger partial charge in [0.25, 0.3) is 0 Å². The van der Waals surface area contributed by atoms with E-state index >= 15 is 0 Å². The lowest BCUT2D eigenvalue weighted by molar-refractivity contribution is -0.110. The zero-order valence-corrected chi connectivity index (χ0v) is 19.1. The van der Waals surface area contributed by atoms with E-state index in [0.29, 0.717) is 5.75 Å². The summed E-state index contributed by atoms with van der Waals surface area (Å²) in [6.07, 6.45) is -0.320. The summed E-state index contributed by atoms with van der Waals surface area (Å²) < 4.78 is 30.9. The highest BCUT2D eigenvalue weighted by Crippen LogP contribution is 2.51. The Kier molecular flexibility index (Phi) is 8.28. The van der Waals surface area contributed by atoms with Crippen molar-refractivity contribution in [1.82, 2.24) is 9.57 Å². The van der Waals surface area contributed by atoms with Crippen LogP contribution in [0.5, 0.6) is 0 Å². The van der Waals surface area contributed by atoms with Gasteiger partial charge in [0, 0.05) is 18.9 Å². The molecule has 0 spiro atoms. The Hall–Kier alpha value is -1.24. The van der Waals surface area contributed by atoms with Gasteiger partial charge in [-0.1, -0.05) is 18.3 Å². The molecule has 4 N–H and O–H groups in total. The Morgan fingerprint density at radius 3 is 2.77 bits per heavy atom. The molecular formula is C17H29N4O7PS. The van der Waals surface area contributed by atoms with E-state index < -0.39 is 31.8 Å². The van der Waals surface area contributed by atoms with Crippen LogP contribution in [0.4, 0.5) is 0 Å². The molecule has 1 fully saturated rings. The van der Waals surface area contributed by atoms with E-state index in [4.69, 9.17) is 19.5 Å².